The van der Waals surface area contributed by atoms with Crippen LogP contribution in [0.25, 0.3) is 10.8 Å². The number of benzene rings is 2. The van der Waals surface area contributed by atoms with E-state index in [0.717, 1.165) is 63.9 Å². The molecular weight excluding hydrogens is 414 g/mol. The van der Waals surface area contributed by atoms with Gasteiger partial charge in [0, 0.05) is 6.54 Å². The summed E-state index contributed by atoms with van der Waals surface area (Å²) < 4.78 is 11.5. The highest BCUT2D eigenvalue weighted by Gasteiger charge is 2.32. The van der Waals surface area contributed by atoms with E-state index in [9.17, 15) is 9.90 Å². The molecule has 0 spiro atoms. The van der Waals surface area contributed by atoms with Crippen LogP contribution >= 0.6 is 0 Å². The molecule has 0 atom stereocenters. The molecule has 1 saturated carbocycles. The summed E-state index contributed by atoms with van der Waals surface area (Å²) in [7, 11) is 0. The van der Waals surface area contributed by atoms with Crippen LogP contribution in [0.1, 0.15) is 64.9 Å². The Kier molecular flexibility index (Phi) is 7.60. The van der Waals surface area contributed by atoms with E-state index in [0.29, 0.717) is 12.5 Å². The number of hydrogen-bond acceptors (Lipinski definition) is 5. The molecule has 0 unspecified atom stereocenters. The molecule has 2 aromatic carbocycles. The molecule has 0 radical (unpaired) electrons. The highest BCUT2D eigenvalue weighted by atomic mass is 16.5. The van der Waals surface area contributed by atoms with Crippen molar-refractivity contribution in [2.75, 3.05) is 19.7 Å². The fraction of sp³-hybridized carbons (Fsp3) is 0.607. The molecule has 5 heteroatoms. The van der Waals surface area contributed by atoms with Crippen molar-refractivity contribution in [3.05, 3.63) is 42.0 Å². The maximum absolute atomic E-state index is 12.0. The topological polar surface area (TPSA) is 59.0 Å². The lowest BCUT2D eigenvalue weighted by Gasteiger charge is -2.35. The number of likely N-dealkylation sites (tertiary alicyclic amines) is 1. The number of nitrogens with zero attached hydrogens (tertiary/aromatic N) is 1. The number of carbonyl (C=O) groups excluding carboxylic acids is 1. The average Bonchev–Trinajstić information content (AvgIpc) is 2.79. The summed E-state index contributed by atoms with van der Waals surface area (Å²) in [5.41, 5.74) is 0.707. The highest BCUT2D eigenvalue weighted by molar-refractivity contribution is 5.84. The molecule has 2 aliphatic rings. The van der Waals surface area contributed by atoms with Gasteiger partial charge in [-0.05, 0) is 113 Å². The minimum atomic E-state index is -0.595. The van der Waals surface area contributed by atoms with Crippen LogP contribution in [-0.2, 0) is 16.1 Å². The maximum Gasteiger partial charge on any atom is 0.309 e. The lowest BCUT2D eigenvalue weighted by Crippen LogP contribution is -2.36. The zero-order valence-electron chi connectivity index (χ0n) is 20.4. The summed E-state index contributed by atoms with van der Waals surface area (Å²) in [5.74, 6) is 1.32. The first-order valence-electron chi connectivity index (χ1n) is 12.6. The van der Waals surface area contributed by atoms with Gasteiger partial charge in [-0.15, -0.1) is 0 Å². The van der Waals surface area contributed by atoms with Crippen LogP contribution in [0.3, 0.4) is 0 Å². The molecule has 0 aromatic heterocycles. The molecule has 0 bridgehead atoms. The summed E-state index contributed by atoms with van der Waals surface area (Å²) >= 11 is 0. The molecule has 2 fully saturated rings. The number of rotatable bonds is 7. The van der Waals surface area contributed by atoms with Gasteiger partial charge >= 0.3 is 5.97 Å². The van der Waals surface area contributed by atoms with E-state index in [1.54, 1.807) is 0 Å². The first-order chi connectivity index (χ1) is 15.8. The minimum absolute atomic E-state index is 0.0360. The molecule has 1 N–H and O–H groups in total. The van der Waals surface area contributed by atoms with Crippen molar-refractivity contribution in [1.82, 2.24) is 4.90 Å². The van der Waals surface area contributed by atoms with E-state index in [4.69, 9.17) is 9.47 Å². The lowest BCUT2D eigenvalue weighted by molar-refractivity contribution is -0.149. The van der Waals surface area contributed by atoms with Crippen molar-refractivity contribution in [2.24, 2.45) is 11.8 Å². The molecule has 0 amide bonds. The number of hydrogen-bond donors (Lipinski definition) is 1. The van der Waals surface area contributed by atoms with E-state index >= 15 is 0 Å². The average molecular weight is 454 g/mol. The predicted molar refractivity (Wildman–Crippen MR) is 131 cm³/mol. The van der Waals surface area contributed by atoms with E-state index in [2.05, 4.69) is 41.3 Å². The Morgan fingerprint density at radius 3 is 2.33 bits per heavy atom. The molecule has 4 rings (SSSR count). The first kappa shape index (κ1) is 24.0. The standard InChI is InChI=1S/C28H39NO4/c1-4-32-27(30)21-13-15-29(16-14-21)19-20-5-6-23-18-26(10-7-22(23)17-20)33-25-11-8-24(9-12-25)28(2,3)31/h5-7,10,17-18,21,24-25,31H,4,8-9,11-16,19H2,1-3H3. The van der Waals surface area contributed by atoms with E-state index < -0.39 is 5.60 Å². The monoisotopic (exact) mass is 453 g/mol. The Balaban J connectivity index is 1.31. The molecular formula is C28H39NO4. The summed E-state index contributed by atoms with van der Waals surface area (Å²) in [6.45, 7) is 8.95. The third-order valence-corrected chi connectivity index (χ3v) is 7.47. The number of piperidine rings is 1. The largest absolute Gasteiger partial charge is 0.490 e. The number of fused-ring (bicyclic) bond motifs is 1. The maximum atomic E-state index is 12.0. The minimum Gasteiger partial charge on any atom is -0.490 e. The fourth-order valence-corrected chi connectivity index (χ4v) is 5.37. The van der Waals surface area contributed by atoms with Gasteiger partial charge in [-0.25, -0.2) is 0 Å². The Morgan fingerprint density at radius 1 is 1.00 bits per heavy atom. The quantitative estimate of drug-likeness (QED) is 0.575. The van der Waals surface area contributed by atoms with Gasteiger partial charge in [0.1, 0.15) is 5.75 Å². The second-order valence-electron chi connectivity index (χ2n) is 10.4. The number of esters is 1. The predicted octanol–water partition coefficient (Wildman–Crippen LogP) is 5.32. The third-order valence-electron chi connectivity index (χ3n) is 7.47. The Bertz CT molecular complexity index is 935. The van der Waals surface area contributed by atoms with Gasteiger partial charge in [0.2, 0.25) is 0 Å². The van der Waals surface area contributed by atoms with Crippen LogP contribution in [0.4, 0.5) is 0 Å². The lowest BCUT2D eigenvalue weighted by atomic mass is 9.78. The molecule has 33 heavy (non-hydrogen) atoms. The molecule has 5 nitrogen and oxygen atoms in total. The van der Waals surface area contributed by atoms with Crippen LogP contribution in [-0.4, -0.2) is 47.4 Å². The van der Waals surface area contributed by atoms with Crippen LogP contribution < -0.4 is 4.74 Å². The van der Waals surface area contributed by atoms with Crippen molar-refractivity contribution in [3.8, 4) is 5.75 Å². The smallest absolute Gasteiger partial charge is 0.309 e. The van der Waals surface area contributed by atoms with Crippen molar-refractivity contribution < 1.29 is 19.4 Å². The van der Waals surface area contributed by atoms with E-state index in [-0.39, 0.29) is 18.0 Å². The van der Waals surface area contributed by atoms with Crippen molar-refractivity contribution in [2.45, 2.75) is 77.5 Å². The van der Waals surface area contributed by atoms with Crippen molar-refractivity contribution >= 4 is 16.7 Å². The van der Waals surface area contributed by atoms with Gasteiger partial charge in [-0.1, -0.05) is 18.2 Å². The zero-order chi connectivity index (χ0) is 23.4. The Labute approximate surface area is 198 Å². The van der Waals surface area contributed by atoms with Crippen LogP contribution in [0, 0.1) is 11.8 Å². The fourth-order valence-electron chi connectivity index (χ4n) is 5.37. The van der Waals surface area contributed by atoms with Crippen LogP contribution in [0.5, 0.6) is 5.75 Å². The summed E-state index contributed by atoms with van der Waals surface area (Å²) in [4.78, 5) is 14.4. The summed E-state index contributed by atoms with van der Waals surface area (Å²) in [5, 5.41) is 12.7. The second kappa shape index (κ2) is 10.4. The van der Waals surface area contributed by atoms with Gasteiger partial charge in [-0.3, -0.25) is 9.69 Å². The molecule has 1 heterocycles. The number of carbonyl (C=O) groups is 1. The molecule has 2 aromatic rings. The molecule has 1 aliphatic carbocycles. The highest BCUT2D eigenvalue weighted by Crippen LogP contribution is 2.34. The van der Waals surface area contributed by atoms with Crippen molar-refractivity contribution in [3.63, 3.8) is 0 Å². The second-order valence-corrected chi connectivity index (χ2v) is 10.4. The first-order valence-corrected chi connectivity index (χ1v) is 12.6. The number of ether oxygens (including phenoxy) is 2. The summed E-state index contributed by atoms with van der Waals surface area (Å²) in [6.07, 6.45) is 6.02. The van der Waals surface area contributed by atoms with Gasteiger partial charge in [-0.2, -0.15) is 0 Å². The SMILES string of the molecule is CCOC(=O)C1CCN(Cc2ccc3cc(OC4CCC(C(C)(C)O)CC4)ccc3c2)CC1. The molecule has 1 aliphatic heterocycles. The van der Waals surface area contributed by atoms with Crippen molar-refractivity contribution in [1.29, 1.82) is 0 Å². The molecule has 1 saturated heterocycles. The van der Waals surface area contributed by atoms with E-state index in [1.165, 1.54) is 16.3 Å². The Morgan fingerprint density at radius 2 is 1.67 bits per heavy atom. The van der Waals surface area contributed by atoms with Crippen LogP contribution in [0.2, 0.25) is 0 Å². The third kappa shape index (κ3) is 6.27. The van der Waals surface area contributed by atoms with Gasteiger partial charge < -0.3 is 14.6 Å². The normalized spacial score (nSPS) is 22.9. The van der Waals surface area contributed by atoms with Gasteiger partial charge in [0.05, 0.1) is 24.2 Å². The zero-order valence-corrected chi connectivity index (χ0v) is 20.4. The van der Waals surface area contributed by atoms with Crippen LogP contribution in [0.15, 0.2) is 36.4 Å². The van der Waals surface area contributed by atoms with E-state index in [1.807, 2.05) is 20.8 Å². The molecule has 180 valence electrons. The summed E-state index contributed by atoms with van der Waals surface area (Å²) in [6, 6.07) is 13.0. The number of aliphatic hydroxyl groups is 1. The van der Waals surface area contributed by atoms with Gasteiger partial charge in [0.25, 0.3) is 0 Å². The Hall–Kier alpha value is -2.11. The van der Waals surface area contributed by atoms with Gasteiger partial charge in [0.15, 0.2) is 0 Å².